The molecule has 2 amide bonds. The quantitative estimate of drug-likeness (QED) is 0.801. The van der Waals surface area contributed by atoms with E-state index in [0.29, 0.717) is 18.1 Å². The fraction of sp³-hybridized carbons (Fsp3) is 0.188. The van der Waals surface area contributed by atoms with E-state index in [-0.39, 0.29) is 18.2 Å². The third-order valence-corrected chi connectivity index (χ3v) is 3.19. The molecule has 6 heteroatoms. The molecule has 1 heterocycles. The standard InChI is InChI=1S/C16H16ClN3O2/c17-14-5-3-12(4-6-14)10-19-15(21)8-16(22)20-11-13-2-1-7-18-9-13/h1-7,9H,8,10-11H2,(H,19,21)(H,20,22). The summed E-state index contributed by atoms with van der Waals surface area (Å²) in [5.41, 5.74) is 1.81. The van der Waals surface area contributed by atoms with E-state index in [1.807, 2.05) is 18.2 Å². The second-order valence-electron chi connectivity index (χ2n) is 4.72. The lowest BCUT2D eigenvalue weighted by Gasteiger charge is -2.07. The van der Waals surface area contributed by atoms with E-state index in [1.165, 1.54) is 0 Å². The van der Waals surface area contributed by atoms with E-state index in [4.69, 9.17) is 11.6 Å². The largest absolute Gasteiger partial charge is 0.352 e. The first-order valence-corrected chi connectivity index (χ1v) is 7.18. The van der Waals surface area contributed by atoms with Gasteiger partial charge in [0.2, 0.25) is 11.8 Å². The summed E-state index contributed by atoms with van der Waals surface area (Å²) in [5.74, 6) is -0.643. The van der Waals surface area contributed by atoms with Gasteiger partial charge in [0.25, 0.3) is 0 Å². The summed E-state index contributed by atoms with van der Waals surface area (Å²) in [6, 6.07) is 10.8. The smallest absolute Gasteiger partial charge is 0.229 e. The summed E-state index contributed by atoms with van der Waals surface area (Å²) < 4.78 is 0. The van der Waals surface area contributed by atoms with Gasteiger partial charge in [-0.1, -0.05) is 29.8 Å². The predicted molar refractivity (Wildman–Crippen MR) is 84.0 cm³/mol. The highest BCUT2D eigenvalue weighted by Crippen LogP contribution is 2.09. The van der Waals surface area contributed by atoms with Crippen LogP contribution in [0.5, 0.6) is 0 Å². The minimum absolute atomic E-state index is 0.201. The van der Waals surface area contributed by atoms with Gasteiger partial charge < -0.3 is 10.6 Å². The van der Waals surface area contributed by atoms with Crippen LogP contribution in [0.25, 0.3) is 0 Å². The van der Waals surface area contributed by atoms with Crippen LogP contribution < -0.4 is 10.6 Å². The van der Waals surface area contributed by atoms with Crippen molar-refractivity contribution >= 4 is 23.4 Å². The van der Waals surface area contributed by atoms with Crippen LogP contribution in [0.3, 0.4) is 0 Å². The number of hydrogen-bond acceptors (Lipinski definition) is 3. The molecule has 0 atom stereocenters. The molecule has 114 valence electrons. The Morgan fingerprint density at radius 2 is 1.59 bits per heavy atom. The van der Waals surface area contributed by atoms with Crippen molar-refractivity contribution in [2.45, 2.75) is 19.5 Å². The third kappa shape index (κ3) is 5.54. The average Bonchev–Trinajstić information content (AvgIpc) is 2.53. The van der Waals surface area contributed by atoms with Gasteiger partial charge in [0, 0.05) is 30.5 Å². The second kappa shape index (κ2) is 8.14. The normalized spacial score (nSPS) is 10.0. The van der Waals surface area contributed by atoms with Gasteiger partial charge in [0.05, 0.1) is 0 Å². The monoisotopic (exact) mass is 317 g/mol. The molecule has 0 saturated carbocycles. The van der Waals surface area contributed by atoms with Crippen LogP contribution in [0.15, 0.2) is 48.8 Å². The molecule has 0 bridgehead atoms. The molecule has 5 nitrogen and oxygen atoms in total. The maximum absolute atomic E-state index is 11.7. The average molecular weight is 318 g/mol. The number of nitrogens with one attached hydrogen (secondary N) is 2. The summed E-state index contributed by atoms with van der Waals surface area (Å²) in [7, 11) is 0. The van der Waals surface area contributed by atoms with E-state index >= 15 is 0 Å². The molecule has 0 saturated heterocycles. The molecule has 2 aromatic rings. The molecule has 1 aromatic heterocycles. The van der Waals surface area contributed by atoms with Crippen LogP contribution in [-0.2, 0) is 22.7 Å². The molecule has 0 radical (unpaired) electrons. The van der Waals surface area contributed by atoms with Gasteiger partial charge in [-0.15, -0.1) is 0 Å². The SMILES string of the molecule is O=C(CC(=O)NCc1cccnc1)NCc1ccc(Cl)cc1. The molecule has 1 aromatic carbocycles. The minimum Gasteiger partial charge on any atom is -0.352 e. The minimum atomic E-state index is -0.322. The highest BCUT2D eigenvalue weighted by molar-refractivity contribution is 6.30. The van der Waals surface area contributed by atoms with Gasteiger partial charge in [0.15, 0.2) is 0 Å². The number of carbonyl (C=O) groups is 2. The van der Waals surface area contributed by atoms with Gasteiger partial charge in [-0.3, -0.25) is 14.6 Å². The molecule has 2 N–H and O–H groups in total. The number of nitrogens with zero attached hydrogens (tertiary/aromatic N) is 1. The number of carbonyl (C=O) groups excluding carboxylic acids is 2. The Morgan fingerprint density at radius 3 is 2.18 bits per heavy atom. The van der Waals surface area contributed by atoms with Crippen LogP contribution in [0.4, 0.5) is 0 Å². The number of rotatable bonds is 6. The fourth-order valence-electron chi connectivity index (χ4n) is 1.78. The van der Waals surface area contributed by atoms with Crippen LogP contribution in [0.1, 0.15) is 17.5 Å². The topological polar surface area (TPSA) is 71.1 Å². The van der Waals surface area contributed by atoms with Crippen molar-refractivity contribution < 1.29 is 9.59 Å². The third-order valence-electron chi connectivity index (χ3n) is 2.94. The predicted octanol–water partition coefficient (Wildman–Crippen LogP) is 2.06. The first kappa shape index (κ1) is 16.0. The molecular formula is C16H16ClN3O2. The highest BCUT2D eigenvalue weighted by Gasteiger charge is 2.08. The van der Waals surface area contributed by atoms with Crippen molar-refractivity contribution in [3.05, 3.63) is 64.9 Å². The Kier molecular flexibility index (Phi) is 5.91. The molecule has 2 rings (SSSR count). The van der Waals surface area contributed by atoms with Gasteiger partial charge in [-0.05, 0) is 29.3 Å². The fourth-order valence-corrected chi connectivity index (χ4v) is 1.90. The van der Waals surface area contributed by atoms with Crippen molar-refractivity contribution in [3.8, 4) is 0 Å². The molecule has 22 heavy (non-hydrogen) atoms. The van der Waals surface area contributed by atoms with Crippen molar-refractivity contribution in [1.82, 2.24) is 15.6 Å². The Morgan fingerprint density at radius 1 is 0.955 bits per heavy atom. The van der Waals surface area contributed by atoms with Gasteiger partial charge in [-0.2, -0.15) is 0 Å². The Hall–Kier alpha value is -2.40. The van der Waals surface area contributed by atoms with Crippen LogP contribution in [0, 0.1) is 0 Å². The van der Waals surface area contributed by atoms with E-state index in [2.05, 4.69) is 15.6 Å². The molecule has 0 spiro atoms. The van der Waals surface area contributed by atoms with Crippen molar-refractivity contribution in [3.63, 3.8) is 0 Å². The summed E-state index contributed by atoms with van der Waals surface area (Å²) in [6.07, 6.45) is 3.13. The number of amides is 2. The van der Waals surface area contributed by atoms with Crippen molar-refractivity contribution in [2.75, 3.05) is 0 Å². The molecule has 0 aliphatic rings. The Bertz CT molecular complexity index is 630. The number of pyridine rings is 1. The van der Waals surface area contributed by atoms with Crippen molar-refractivity contribution in [2.24, 2.45) is 0 Å². The van der Waals surface area contributed by atoms with Gasteiger partial charge in [-0.25, -0.2) is 0 Å². The van der Waals surface area contributed by atoms with E-state index < -0.39 is 0 Å². The second-order valence-corrected chi connectivity index (χ2v) is 5.15. The molecule has 0 aliphatic heterocycles. The summed E-state index contributed by atoms with van der Waals surface area (Å²) in [4.78, 5) is 27.3. The van der Waals surface area contributed by atoms with Gasteiger partial charge >= 0.3 is 0 Å². The number of benzene rings is 1. The molecule has 0 fully saturated rings. The first-order valence-electron chi connectivity index (χ1n) is 6.80. The molecule has 0 unspecified atom stereocenters. The summed E-state index contributed by atoms with van der Waals surface area (Å²) >= 11 is 5.78. The first-order chi connectivity index (χ1) is 10.6. The highest BCUT2D eigenvalue weighted by atomic mass is 35.5. The summed E-state index contributed by atoms with van der Waals surface area (Å²) in [5, 5.41) is 6.01. The van der Waals surface area contributed by atoms with Crippen LogP contribution in [0.2, 0.25) is 5.02 Å². The van der Waals surface area contributed by atoms with Crippen LogP contribution in [-0.4, -0.2) is 16.8 Å². The van der Waals surface area contributed by atoms with Crippen molar-refractivity contribution in [1.29, 1.82) is 0 Å². The maximum Gasteiger partial charge on any atom is 0.229 e. The van der Waals surface area contributed by atoms with Gasteiger partial charge in [0.1, 0.15) is 6.42 Å². The Labute approximate surface area is 133 Å². The molecule has 0 aliphatic carbocycles. The van der Waals surface area contributed by atoms with E-state index in [0.717, 1.165) is 11.1 Å². The maximum atomic E-state index is 11.7. The Balaban J connectivity index is 1.70. The van der Waals surface area contributed by atoms with Crippen LogP contribution >= 0.6 is 11.6 Å². The number of halogens is 1. The zero-order chi connectivity index (χ0) is 15.8. The number of aromatic nitrogens is 1. The number of hydrogen-bond donors (Lipinski definition) is 2. The lowest BCUT2D eigenvalue weighted by atomic mass is 10.2. The van der Waals surface area contributed by atoms with E-state index in [1.54, 1.807) is 30.6 Å². The van der Waals surface area contributed by atoms with E-state index in [9.17, 15) is 9.59 Å². The lowest BCUT2D eigenvalue weighted by Crippen LogP contribution is -2.31. The summed E-state index contributed by atoms with van der Waals surface area (Å²) in [6.45, 7) is 0.725. The lowest BCUT2D eigenvalue weighted by molar-refractivity contribution is -0.129. The zero-order valence-corrected chi connectivity index (χ0v) is 12.6. The zero-order valence-electron chi connectivity index (χ0n) is 11.9. The molecular weight excluding hydrogens is 302 g/mol.